The van der Waals surface area contributed by atoms with Gasteiger partial charge in [0.15, 0.2) is 5.82 Å². The molecule has 0 radical (unpaired) electrons. The normalized spacial score (nSPS) is 12.6. The summed E-state index contributed by atoms with van der Waals surface area (Å²) in [7, 11) is 0. The summed E-state index contributed by atoms with van der Waals surface area (Å²) in [5.74, 6) is 1.08. The monoisotopic (exact) mass is 250 g/mol. The van der Waals surface area contributed by atoms with E-state index >= 15 is 0 Å². The standard InChI is InChI=1S/C12H15ClN4/c1-10(17-12(9-13)14-15-16-17)7-8-11-5-3-2-4-6-11/h2-6,10H,7-9H2,1H3. The fraction of sp³-hybridized carbons (Fsp3) is 0.417. The van der Waals surface area contributed by atoms with Crippen LogP contribution in [0.2, 0.25) is 0 Å². The molecule has 5 heteroatoms. The van der Waals surface area contributed by atoms with Gasteiger partial charge < -0.3 is 0 Å². The predicted octanol–water partition coefficient (Wildman–Crippen LogP) is 2.61. The molecule has 1 unspecified atom stereocenters. The Balaban J connectivity index is 1.96. The van der Waals surface area contributed by atoms with Crippen LogP contribution >= 0.6 is 11.6 Å². The Hall–Kier alpha value is -1.42. The number of tetrazole rings is 1. The Kier molecular flexibility index (Phi) is 4.09. The molecule has 0 N–H and O–H groups in total. The molecule has 0 aliphatic heterocycles. The molecule has 4 nitrogen and oxygen atoms in total. The van der Waals surface area contributed by atoms with E-state index in [4.69, 9.17) is 11.6 Å². The first-order valence-corrected chi connectivity index (χ1v) is 6.21. The van der Waals surface area contributed by atoms with Crippen molar-refractivity contribution in [3.05, 3.63) is 41.7 Å². The Morgan fingerprint density at radius 1 is 1.29 bits per heavy atom. The van der Waals surface area contributed by atoms with Crippen molar-refractivity contribution in [2.75, 3.05) is 0 Å². The van der Waals surface area contributed by atoms with Crippen LogP contribution in [-0.4, -0.2) is 20.2 Å². The highest BCUT2D eigenvalue weighted by Crippen LogP contribution is 2.15. The van der Waals surface area contributed by atoms with E-state index in [1.165, 1.54) is 5.56 Å². The lowest BCUT2D eigenvalue weighted by atomic mass is 10.1. The topological polar surface area (TPSA) is 43.6 Å². The minimum absolute atomic E-state index is 0.263. The fourth-order valence-corrected chi connectivity index (χ4v) is 1.96. The van der Waals surface area contributed by atoms with Crippen molar-refractivity contribution in [1.29, 1.82) is 0 Å². The second-order valence-corrected chi connectivity index (χ2v) is 4.31. The summed E-state index contributed by atoms with van der Waals surface area (Å²) in [5, 5.41) is 11.5. The number of halogens is 1. The number of hydrogen-bond donors (Lipinski definition) is 0. The molecule has 0 aliphatic rings. The molecule has 0 fully saturated rings. The number of rotatable bonds is 5. The molecule has 0 aliphatic carbocycles. The summed E-state index contributed by atoms with van der Waals surface area (Å²) < 4.78 is 1.80. The molecule has 1 aromatic heterocycles. The molecule has 90 valence electrons. The number of aryl methyl sites for hydroxylation is 1. The van der Waals surface area contributed by atoms with Gasteiger partial charge in [-0.25, -0.2) is 4.68 Å². The Bertz CT molecular complexity index is 455. The maximum absolute atomic E-state index is 5.77. The van der Waals surface area contributed by atoms with Crippen molar-refractivity contribution in [2.45, 2.75) is 31.7 Å². The average Bonchev–Trinajstić information content (AvgIpc) is 2.85. The van der Waals surface area contributed by atoms with E-state index in [0.717, 1.165) is 18.7 Å². The largest absolute Gasteiger partial charge is 0.226 e. The van der Waals surface area contributed by atoms with Crippen LogP contribution in [0.5, 0.6) is 0 Å². The quantitative estimate of drug-likeness (QED) is 0.767. The molecular weight excluding hydrogens is 236 g/mol. The van der Waals surface area contributed by atoms with Crippen molar-refractivity contribution >= 4 is 11.6 Å². The lowest BCUT2D eigenvalue weighted by Crippen LogP contribution is -2.11. The maximum atomic E-state index is 5.77. The number of hydrogen-bond acceptors (Lipinski definition) is 3. The van der Waals surface area contributed by atoms with Crippen LogP contribution in [0.3, 0.4) is 0 Å². The lowest BCUT2D eigenvalue weighted by molar-refractivity contribution is 0.437. The third kappa shape index (κ3) is 3.03. The van der Waals surface area contributed by atoms with E-state index in [1.54, 1.807) is 4.68 Å². The molecule has 1 heterocycles. The van der Waals surface area contributed by atoms with Gasteiger partial charge in [0.2, 0.25) is 0 Å². The zero-order valence-electron chi connectivity index (χ0n) is 9.75. The van der Waals surface area contributed by atoms with Gasteiger partial charge in [0.25, 0.3) is 0 Å². The van der Waals surface area contributed by atoms with Gasteiger partial charge in [-0.15, -0.1) is 16.7 Å². The number of benzene rings is 1. The van der Waals surface area contributed by atoms with E-state index in [2.05, 4.69) is 46.7 Å². The van der Waals surface area contributed by atoms with Gasteiger partial charge >= 0.3 is 0 Å². The first kappa shape index (κ1) is 12.0. The summed E-state index contributed by atoms with van der Waals surface area (Å²) in [5.41, 5.74) is 1.33. The zero-order chi connectivity index (χ0) is 12.1. The highest BCUT2D eigenvalue weighted by Gasteiger charge is 2.11. The van der Waals surface area contributed by atoms with Crippen molar-refractivity contribution in [3.8, 4) is 0 Å². The van der Waals surface area contributed by atoms with Crippen molar-refractivity contribution in [1.82, 2.24) is 20.2 Å². The Morgan fingerprint density at radius 3 is 2.76 bits per heavy atom. The molecular formula is C12H15ClN4. The minimum atomic E-state index is 0.263. The molecule has 2 aromatic rings. The highest BCUT2D eigenvalue weighted by molar-refractivity contribution is 6.16. The number of nitrogens with zero attached hydrogens (tertiary/aromatic N) is 4. The van der Waals surface area contributed by atoms with E-state index < -0.39 is 0 Å². The smallest absolute Gasteiger partial charge is 0.166 e. The van der Waals surface area contributed by atoms with E-state index in [0.29, 0.717) is 5.88 Å². The van der Waals surface area contributed by atoms with Crippen LogP contribution in [0.25, 0.3) is 0 Å². The zero-order valence-corrected chi connectivity index (χ0v) is 10.5. The third-order valence-electron chi connectivity index (χ3n) is 2.79. The SMILES string of the molecule is CC(CCc1ccccc1)n1nnnc1CCl. The average molecular weight is 251 g/mol. The number of alkyl halides is 1. The van der Waals surface area contributed by atoms with Crippen LogP contribution < -0.4 is 0 Å². The maximum Gasteiger partial charge on any atom is 0.166 e. The first-order valence-electron chi connectivity index (χ1n) is 5.68. The van der Waals surface area contributed by atoms with Gasteiger partial charge in [-0.1, -0.05) is 30.3 Å². The van der Waals surface area contributed by atoms with Crippen molar-refractivity contribution < 1.29 is 0 Å². The first-order chi connectivity index (χ1) is 8.31. The van der Waals surface area contributed by atoms with Crippen LogP contribution in [0.4, 0.5) is 0 Å². The van der Waals surface area contributed by atoms with E-state index in [-0.39, 0.29) is 6.04 Å². The van der Waals surface area contributed by atoms with Gasteiger partial charge in [0.05, 0.1) is 11.9 Å². The van der Waals surface area contributed by atoms with Gasteiger partial charge in [0.1, 0.15) is 0 Å². The van der Waals surface area contributed by atoms with Crippen molar-refractivity contribution in [3.63, 3.8) is 0 Å². The van der Waals surface area contributed by atoms with Gasteiger partial charge in [0, 0.05) is 0 Å². The van der Waals surface area contributed by atoms with E-state index in [1.807, 2.05) is 6.07 Å². The summed E-state index contributed by atoms with van der Waals surface area (Å²) in [6, 6.07) is 10.7. The molecule has 0 saturated carbocycles. The second kappa shape index (κ2) is 5.77. The summed E-state index contributed by atoms with van der Waals surface area (Å²) in [4.78, 5) is 0. The lowest BCUT2D eigenvalue weighted by Gasteiger charge is -2.12. The molecule has 0 spiro atoms. The summed E-state index contributed by atoms with van der Waals surface area (Å²) in [6.45, 7) is 2.11. The van der Waals surface area contributed by atoms with Gasteiger partial charge in [-0.05, 0) is 35.8 Å². The van der Waals surface area contributed by atoms with Gasteiger partial charge in [-0.2, -0.15) is 0 Å². The molecule has 0 amide bonds. The summed E-state index contributed by atoms with van der Waals surface area (Å²) in [6.07, 6.45) is 2.02. The van der Waals surface area contributed by atoms with Crippen LogP contribution in [0, 0.1) is 0 Å². The van der Waals surface area contributed by atoms with Crippen molar-refractivity contribution in [2.24, 2.45) is 0 Å². The Morgan fingerprint density at radius 2 is 2.06 bits per heavy atom. The molecule has 17 heavy (non-hydrogen) atoms. The predicted molar refractivity (Wildman–Crippen MR) is 66.8 cm³/mol. The third-order valence-corrected chi connectivity index (χ3v) is 3.03. The van der Waals surface area contributed by atoms with Crippen LogP contribution in [0.15, 0.2) is 30.3 Å². The second-order valence-electron chi connectivity index (χ2n) is 4.05. The molecule has 0 saturated heterocycles. The fourth-order valence-electron chi connectivity index (χ4n) is 1.79. The number of aromatic nitrogens is 4. The highest BCUT2D eigenvalue weighted by atomic mass is 35.5. The molecule has 1 atom stereocenters. The molecule has 0 bridgehead atoms. The Labute approximate surface area is 106 Å². The molecule has 2 rings (SSSR count). The van der Waals surface area contributed by atoms with Crippen LogP contribution in [-0.2, 0) is 12.3 Å². The van der Waals surface area contributed by atoms with Crippen LogP contribution in [0.1, 0.15) is 30.8 Å². The van der Waals surface area contributed by atoms with E-state index in [9.17, 15) is 0 Å². The van der Waals surface area contributed by atoms with Gasteiger partial charge in [-0.3, -0.25) is 0 Å². The minimum Gasteiger partial charge on any atom is -0.226 e. The molecule has 1 aromatic carbocycles. The summed E-state index contributed by atoms with van der Waals surface area (Å²) >= 11 is 5.77.